The lowest BCUT2D eigenvalue weighted by molar-refractivity contribution is -0.121. The molecule has 0 aliphatic carbocycles. The van der Waals surface area contributed by atoms with Crippen LogP contribution < -0.4 is 10.9 Å². The Morgan fingerprint density at radius 1 is 1.04 bits per heavy atom. The largest absolute Gasteiger partial charge is 0.354 e. The van der Waals surface area contributed by atoms with E-state index in [1.807, 2.05) is 37.3 Å². The van der Waals surface area contributed by atoms with Crippen molar-refractivity contribution in [2.45, 2.75) is 19.4 Å². The number of amides is 1. The van der Waals surface area contributed by atoms with Gasteiger partial charge < -0.3 is 9.72 Å². The number of carbonyl (C=O) groups is 1. The van der Waals surface area contributed by atoms with Gasteiger partial charge in [0.25, 0.3) is 5.56 Å². The van der Waals surface area contributed by atoms with Crippen molar-refractivity contribution < 1.29 is 9.18 Å². The van der Waals surface area contributed by atoms with Crippen LogP contribution in [-0.2, 0) is 11.3 Å². The second-order valence-electron chi connectivity index (χ2n) is 6.90. The van der Waals surface area contributed by atoms with Crippen molar-refractivity contribution in [1.29, 1.82) is 0 Å². The van der Waals surface area contributed by atoms with E-state index in [9.17, 15) is 14.0 Å². The molecule has 2 aromatic carbocycles. The zero-order valence-corrected chi connectivity index (χ0v) is 15.4. The van der Waals surface area contributed by atoms with Crippen LogP contribution in [0.4, 0.5) is 4.39 Å². The van der Waals surface area contributed by atoms with Crippen LogP contribution in [0.5, 0.6) is 0 Å². The number of rotatable bonds is 5. The van der Waals surface area contributed by atoms with E-state index in [1.54, 1.807) is 28.8 Å². The minimum Gasteiger partial charge on any atom is -0.354 e. The number of benzene rings is 2. The smallest absolute Gasteiger partial charge is 0.275 e. The molecule has 5 nitrogen and oxygen atoms in total. The molecule has 0 spiro atoms. The molecule has 1 atom stereocenters. The van der Waals surface area contributed by atoms with Crippen molar-refractivity contribution in [2.75, 3.05) is 6.54 Å². The quantitative estimate of drug-likeness (QED) is 0.580. The molecule has 1 N–H and O–H groups in total. The molecule has 0 saturated carbocycles. The Labute approximate surface area is 161 Å². The minimum absolute atomic E-state index is 0.143. The highest BCUT2D eigenvalue weighted by Gasteiger charge is 2.15. The fourth-order valence-corrected chi connectivity index (χ4v) is 3.45. The standard InChI is InChI=1S/C22H20FN3O2/c1-15(16-6-3-2-4-7-16)13-24-21(27)14-26-20-12-17(23)9-10-18(20)25-11-5-8-19(25)22(26)28/h2-12,15H,13-14H2,1H3,(H,24,27)/t15-/m0/s1. The van der Waals surface area contributed by atoms with Gasteiger partial charge in [-0.15, -0.1) is 0 Å². The summed E-state index contributed by atoms with van der Waals surface area (Å²) >= 11 is 0. The maximum atomic E-state index is 13.8. The Hall–Kier alpha value is -3.41. The third-order valence-corrected chi connectivity index (χ3v) is 4.98. The molecule has 4 aromatic rings. The third kappa shape index (κ3) is 3.29. The van der Waals surface area contributed by atoms with Crippen LogP contribution in [0.2, 0.25) is 0 Å². The average molecular weight is 377 g/mol. The summed E-state index contributed by atoms with van der Waals surface area (Å²) in [5, 5.41) is 2.88. The number of carbonyl (C=O) groups excluding carboxylic acids is 1. The Morgan fingerprint density at radius 3 is 2.61 bits per heavy atom. The molecule has 6 heteroatoms. The number of hydrogen-bond donors (Lipinski definition) is 1. The van der Waals surface area contributed by atoms with Gasteiger partial charge in [0.15, 0.2) is 0 Å². The first-order valence-corrected chi connectivity index (χ1v) is 9.15. The van der Waals surface area contributed by atoms with Gasteiger partial charge in [0.05, 0.1) is 11.0 Å². The molecule has 0 aliphatic rings. The Morgan fingerprint density at radius 2 is 1.82 bits per heavy atom. The van der Waals surface area contributed by atoms with Gasteiger partial charge in [-0.25, -0.2) is 4.39 Å². The Bertz CT molecular complexity index is 1210. The maximum Gasteiger partial charge on any atom is 0.275 e. The molecule has 2 aromatic heterocycles. The first-order chi connectivity index (χ1) is 13.5. The lowest BCUT2D eigenvalue weighted by Gasteiger charge is -2.15. The van der Waals surface area contributed by atoms with E-state index in [4.69, 9.17) is 0 Å². The summed E-state index contributed by atoms with van der Waals surface area (Å²) in [6.45, 7) is 2.32. The second kappa shape index (κ2) is 7.31. The number of nitrogens with one attached hydrogen (secondary N) is 1. The number of hydrogen-bond acceptors (Lipinski definition) is 2. The number of nitrogens with zero attached hydrogens (tertiary/aromatic N) is 2. The van der Waals surface area contributed by atoms with E-state index in [0.717, 1.165) is 5.56 Å². The maximum absolute atomic E-state index is 13.8. The summed E-state index contributed by atoms with van der Waals surface area (Å²) in [7, 11) is 0. The highest BCUT2D eigenvalue weighted by Crippen LogP contribution is 2.17. The van der Waals surface area contributed by atoms with E-state index in [0.29, 0.717) is 23.1 Å². The van der Waals surface area contributed by atoms with Gasteiger partial charge >= 0.3 is 0 Å². The van der Waals surface area contributed by atoms with Crippen molar-refractivity contribution in [3.8, 4) is 0 Å². The van der Waals surface area contributed by atoms with Crippen LogP contribution in [0.25, 0.3) is 16.6 Å². The summed E-state index contributed by atoms with van der Waals surface area (Å²) in [4.78, 5) is 25.4. The molecule has 4 rings (SSSR count). The first kappa shape index (κ1) is 18.0. The molecule has 0 unspecified atom stereocenters. The highest BCUT2D eigenvalue weighted by molar-refractivity contribution is 5.82. The van der Waals surface area contributed by atoms with Gasteiger partial charge in [-0.1, -0.05) is 37.3 Å². The Balaban J connectivity index is 1.61. The second-order valence-corrected chi connectivity index (χ2v) is 6.90. The topological polar surface area (TPSA) is 55.5 Å². The van der Waals surface area contributed by atoms with Crippen LogP contribution in [0.3, 0.4) is 0 Å². The van der Waals surface area contributed by atoms with Gasteiger partial charge in [0.2, 0.25) is 5.91 Å². The minimum atomic E-state index is -0.453. The summed E-state index contributed by atoms with van der Waals surface area (Å²) in [6, 6.07) is 17.6. The zero-order valence-electron chi connectivity index (χ0n) is 15.4. The van der Waals surface area contributed by atoms with Crippen LogP contribution in [-0.4, -0.2) is 21.4 Å². The summed E-state index contributed by atoms with van der Waals surface area (Å²) < 4.78 is 16.9. The predicted molar refractivity (Wildman–Crippen MR) is 107 cm³/mol. The third-order valence-electron chi connectivity index (χ3n) is 4.98. The van der Waals surface area contributed by atoms with Crippen LogP contribution >= 0.6 is 0 Å². The lowest BCUT2D eigenvalue weighted by atomic mass is 10.0. The molecule has 0 fully saturated rings. The van der Waals surface area contributed by atoms with Crippen molar-refractivity contribution in [2.24, 2.45) is 0 Å². The fourth-order valence-electron chi connectivity index (χ4n) is 3.45. The predicted octanol–water partition coefficient (Wildman–Crippen LogP) is 3.31. The van der Waals surface area contributed by atoms with Crippen molar-refractivity contribution in [3.05, 3.63) is 88.6 Å². The van der Waals surface area contributed by atoms with Crippen molar-refractivity contribution in [3.63, 3.8) is 0 Å². The SMILES string of the molecule is C[C@@H](CNC(=O)Cn1c(=O)c2cccn2c2ccc(F)cc21)c1ccccc1. The molecule has 1 amide bonds. The highest BCUT2D eigenvalue weighted by atomic mass is 19.1. The van der Waals surface area contributed by atoms with E-state index < -0.39 is 5.82 Å². The first-order valence-electron chi connectivity index (χ1n) is 9.15. The summed E-state index contributed by atoms with van der Waals surface area (Å²) in [5.41, 5.74) is 2.31. The van der Waals surface area contributed by atoms with Crippen molar-refractivity contribution in [1.82, 2.24) is 14.3 Å². The van der Waals surface area contributed by atoms with Gasteiger partial charge in [-0.2, -0.15) is 0 Å². The summed E-state index contributed by atoms with van der Waals surface area (Å²) in [5.74, 6) is -0.596. The number of halogens is 1. The summed E-state index contributed by atoms with van der Waals surface area (Å²) in [6.07, 6.45) is 1.75. The van der Waals surface area contributed by atoms with E-state index in [-0.39, 0.29) is 23.9 Å². The van der Waals surface area contributed by atoms with Gasteiger partial charge in [0, 0.05) is 12.7 Å². The molecule has 28 heavy (non-hydrogen) atoms. The zero-order chi connectivity index (χ0) is 19.7. The molecule has 0 bridgehead atoms. The molecule has 0 radical (unpaired) electrons. The molecule has 2 heterocycles. The fraction of sp³-hybridized carbons (Fsp3) is 0.182. The van der Waals surface area contributed by atoms with Crippen LogP contribution in [0.15, 0.2) is 71.7 Å². The number of aromatic nitrogens is 2. The van der Waals surface area contributed by atoms with Crippen molar-refractivity contribution >= 4 is 22.5 Å². The number of fused-ring (bicyclic) bond motifs is 3. The van der Waals surface area contributed by atoms with Crippen LogP contribution in [0, 0.1) is 5.82 Å². The van der Waals surface area contributed by atoms with E-state index >= 15 is 0 Å². The van der Waals surface area contributed by atoms with Gasteiger partial charge in [0.1, 0.15) is 17.9 Å². The molecular formula is C22H20FN3O2. The van der Waals surface area contributed by atoms with E-state index in [1.165, 1.54) is 16.7 Å². The normalized spacial score (nSPS) is 12.4. The van der Waals surface area contributed by atoms with Gasteiger partial charge in [-0.05, 0) is 41.8 Å². The van der Waals surface area contributed by atoms with Crippen LogP contribution in [0.1, 0.15) is 18.4 Å². The van der Waals surface area contributed by atoms with E-state index in [2.05, 4.69) is 5.32 Å². The average Bonchev–Trinajstić information content (AvgIpc) is 3.20. The Kier molecular flexibility index (Phi) is 4.69. The molecule has 0 saturated heterocycles. The molecular weight excluding hydrogens is 357 g/mol. The lowest BCUT2D eigenvalue weighted by Crippen LogP contribution is -2.34. The molecule has 142 valence electrons. The molecule has 0 aliphatic heterocycles. The van der Waals surface area contributed by atoms with Gasteiger partial charge in [-0.3, -0.25) is 14.2 Å². The monoisotopic (exact) mass is 377 g/mol.